The van der Waals surface area contributed by atoms with E-state index in [2.05, 4.69) is 0 Å². The smallest absolute Gasteiger partial charge is 0.192 e. The number of carbonyl (C=O) groups is 3. The maximum absolute atomic E-state index is 13.7. The largest absolute Gasteiger partial charge is 0.469 e. The minimum Gasteiger partial charge on any atom is -0.469 e. The molecule has 0 saturated carbocycles. The van der Waals surface area contributed by atoms with E-state index in [1.165, 1.54) is 6.26 Å². The van der Waals surface area contributed by atoms with E-state index in [9.17, 15) is 14.4 Å². The standard InChI is InChI=1S/C24H18ClNO4/c1-26-13-18(21(27)14-8-10-15(25)11-9-14)20(19-7-4-12-30-19)24(26)22(28)16-5-2-3-6-17(16)23(24)29/h2-12,18,20H,13H2,1H3/t18-,20-/m0/s1. The highest BCUT2D eigenvalue weighted by Gasteiger charge is 2.67. The molecule has 2 atom stereocenters. The number of likely N-dealkylation sites (N-methyl/N-ethyl adjacent to an activating group) is 1. The molecule has 1 spiro atoms. The minimum atomic E-state index is -1.49. The lowest BCUT2D eigenvalue weighted by atomic mass is 9.73. The molecule has 1 saturated heterocycles. The van der Waals surface area contributed by atoms with Crippen molar-refractivity contribution in [1.82, 2.24) is 4.90 Å². The Morgan fingerprint density at radius 1 is 1.00 bits per heavy atom. The van der Waals surface area contributed by atoms with E-state index in [0.29, 0.717) is 27.5 Å². The van der Waals surface area contributed by atoms with E-state index < -0.39 is 17.4 Å². The van der Waals surface area contributed by atoms with Crippen LogP contribution in [-0.2, 0) is 0 Å². The van der Waals surface area contributed by atoms with Crippen molar-refractivity contribution in [1.29, 1.82) is 0 Å². The average molecular weight is 420 g/mol. The number of Topliss-reactive ketones (excluding diaryl/α,β-unsaturated/α-hetero) is 3. The Labute approximate surface area is 178 Å². The molecular weight excluding hydrogens is 402 g/mol. The maximum Gasteiger partial charge on any atom is 0.192 e. The van der Waals surface area contributed by atoms with Gasteiger partial charge in [-0.1, -0.05) is 35.9 Å². The van der Waals surface area contributed by atoms with Crippen LogP contribution in [0.4, 0.5) is 0 Å². The van der Waals surface area contributed by atoms with Crippen LogP contribution in [0.25, 0.3) is 0 Å². The van der Waals surface area contributed by atoms with Crippen molar-refractivity contribution in [3.05, 3.63) is 94.4 Å². The fraction of sp³-hybridized carbons (Fsp3) is 0.208. The molecule has 2 aromatic carbocycles. The van der Waals surface area contributed by atoms with Gasteiger partial charge in [-0.3, -0.25) is 19.3 Å². The third-order valence-electron chi connectivity index (χ3n) is 6.35. The van der Waals surface area contributed by atoms with Crippen LogP contribution in [0.5, 0.6) is 0 Å². The molecule has 0 N–H and O–H groups in total. The first-order valence-corrected chi connectivity index (χ1v) is 10.1. The van der Waals surface area contributed by atoms with Crippen LogP contribution in [-0.4, -0.2) is 41.4 Å². The molecule has 1 aromatic heterocycles. The van der Waals surface area contributed by atoms with Crippen molar-refractivity contribution in [2.75, 3.05) is 13.6 Å². The van der Waals surface area contributed by atoms with Crippen LogP contribution in [0.1, 0.15) is 42.8 Å². The third-order valence-corrected chi connectivity index (χ3v) is 6.60. The van der Waals surface area contributed by atoms with Crippen molar-refractivity contribution in [2.45, 2.75) is 11.5 Å². The number of hydrogen-bond donors (Lipinski definition) is 0. The number of halogens is 1. The lowest BCUT2D eigenvalue weighted by molar-refractivity contribution is 0.0594. The minimum absolute atomic E-state index is 0.145. The fourth-order valence-corrected chi connectivity index (χ4v) is 5.16. The predicted molar refractivity (Wildman–Crippen MR) is 111 cm³/mol. The zero-order valence-electron chi connectivity index (χ0n) is 16.2. The Bertz CT molecular complexity index is 1130. The van der Waals surface area contributed by atoms with Gasteiger partial charge < -0.3 is 4.42 Å². The molecule has 1 aliphatic heterocycles. The number of carbonyl (C=O) groups excluding carboxylic acids is 3. The first-order valence-electron chi connectivity index (χ1n) is 9.69. The zero-order chi connectivity index (χ0) is 21.0. The summed E-state index contributed by atoms with van der Waals surface area (Å²) in [4.78, 5) is 42.6. The van der Waals surface area contributed by atoms with Gasteiger partial charge in [-0.15, -0.1) is 0 Å². The van der Waals surface area contributed by atoms with Crippen molar-refractivity contribution in [3.8, 4) is 0 Å². The maximum atomic E-state index is 13.7. The predicted octanol–water partition coefficient (Wildman–Crippen LogP) is 4.28. The summed E-state index contributed by atoms with van der Waals surface area (Å²) in [5.74, 6) is -1.59. The van der Waals surface area contributed by atoms with Crippen molar-refractivity contribution in [2.24, 2.45) is 5.92 Å². The summed E-state index contributed by atoms with van der Waals surface area (Å²) in [5, 5.41) is 0.533. The highest BCUT2D eigenvalue weighted by Crippen LogP contribution is 2.52. The van der Waals surface area contributed by atoms with Crippen LogP contribution in [0.2, 0.25) is 5.02 Å². The van der Waals surface area contributed by atoms with Crippen molar-refractivity contribution < 1.29 is 18.8 Å². The van der Waals surface area contributed by atoms with Gasteiger partial charge in [0.2, 0.25) is 0 Å². The van der Waals surface area contributed by atoms with E-state index in [4.69, 9.17) is 16.0 Å². The summed E-state index contributed by atoms with van der Waals surface area (Å²) in [7, 11) is 1.73. The molecule has 0 radical (unpaired) electrons. The summed E-state index contributed by atoms with van der Waals surface area (Å²) in [6, 6.07) is 16.9. The summed E-state index contributed by atoms with van der Waals surface area (Å²) in [6.45, 7) is 0.262. The van der Waals surface area contributed by atoms with Crippen LogP contribution >= 0.6 is 11.6 Å². The quantitative estimate of drug-likeness (QED) is 0.468. The SMILES string of the molecule is CN1C[C@H](C(=O)c2ccc(Cl)cc2)[C@@H](c2ccco2)C12C(=O)c1ccccc1C2=O. The average Bonchev–Trinajstić information content (AvgIpc) is 3.43. The number of nitrogens with zero attached hydrogens (tertiary/aromatic N) is 1. The molecule has 2 aliphatic rings. The molecule has 5 nitrogen and oxygen atoms in total. The van der Waals surface area contributed by atoms with E-state index >= 15 is 0 Å². The molecular formula is C24H18ClNO4. The van der Waals surface area contributed by atoms with Gasteiger partial charge in [0, 0.05) is 34.2 Å². The van der Waals surface area contributed by atoms with Gasteiger partial charge in [0.05, 0.1) is 12.2 Å². The highest BCUT2D eigenvalue weighted by molar-refractivity contribution is 6.34. The summed E-state index contributed by atoms with van der Waals surface area (Å²) in [6.07, 6.45) is 1.50. The summed E-state index contributed by atoms with van der Waals surface area (Å²) < 4.78 is 5.68. The van der Waals surface area contributed by atoms with Gasteiger partial charge in [-0.25, -0.2) is 0 Å². The Morgan fingerprint density at radius 2 is 1.63 bits per heavy atom. The van der Waals surface area contributed by atoms with Gasteiger partial charge in [0.25, 0.3) is 0 Å². The summed E-state index contributed by atoms with van der Waals surface area (Å²) >= 11 is 5.97. The molecule has 0 bridgehead atoms. The van der Waals surface area contributed by atoms with Crippen LogP contribution in [0.3, 0.4) is 0 Å². The van der Waals surface area contributed by atoms with Gasteiger partial charge >= 0.3 is 0 Å². The van der Waals surface area contributed by atoms with E-state index in [-0.39, 0.29) is 23.9 Å². The zero-order valence-corrected chi connectivity index (χ0v) is 16.9. The van der Waals surface area contributed by atoms with Crippen LogP contribution in [0.15, 0.2) is 71.3 Å². The van der Waals surface area contributed by atoms with E-state index in [1.54, 1.807) is 72.6 Å². The second-order valence-corrected chi connectivity index (χ2v) is 8.26. The molecule has 5 rings (SSSR count). The number of ketones is 3. The Kier molecular flexibility index (Phi) is 4.27. The molecule has 30 heavy (non-hydrogen) atoms. The number of likely N-dealkylation sites (tertiary alicyclic amines) is 1. The second kappa shape index (κ2) is 6.76. The molecule has 0 unspecified atom stereocenters. The topological polar surface area (TPSA) is 67.6 Å². The molecule has 2 heterocycles. The van der Waals surface area contributed by atoms with Crippen LogP contribution in [0, 0.1) is 5.92 Å². The van der Waals surface area contributed by atoms with Gasteiger partial charge in [-0.2, -0.15) is 0 Å². The van der Waals surface area contributed by atoms with Crippen molar-refractivity contribution in [3.63, 3.8) is 0 Å². The van der Waals surface area contributed by atoms with E-state index in [1.807, 2.05) is 0 Å². The fourth-order valence-electron chi connectivity index (χ4n) is 5.03. The Morgan fingerprint density at radius 3 is 2.20 bits per heavy atom. The van der Waals surface area contributed by atoms with Gasteiger partial charge in [-0.05, 0) is 43.4 Å². The third kappa shape index (κ3) is 2.42. The van der Waals surface area contributed by atoms with Gasteiger partial charge in [0.15, 0.2) is 22.9 Å². The van der Waals surface area contributed by atoms with Crippen LogP contribution < -0.4 is 0 Å². The Balaban J connectivity index is 1.68. The molecule has 6 heteroatoms. The second-order valence-electron chi connectivity index (χ2n) is 7.82. The molecule has 3 aromatic rings. The van der Waals surface area contributed by atoms with Crippen molar-refractivity contribution >= 4 is 29.0 Å². The summed E-state index contributed by atoms with van der Waals surface area (Å²) in [5.41, 5.74) is -0.216. The number of furan rings is 1. The Hall–Kier alpha value is -3.02. The van der Waals surface area contributed by atoms with E-state index in [0.717, 1.165) is 0 Å². The molecule has 1 fully saturated rings. The number of hydrogen-bond acceptors (Lipinski definition) is 5. The number of benzene rings is 2. The lowest BCUT2D eigenvalue weighted by Gasteiger charge is -2.33. The lowest BCUT2D eigenvalue weighted by Crippen LogP contribution is -2.54. The monoisotopic (exact) mass is 419 g/mol. The molecule has 1 aliphatic carbocycles. The van der Waals surface area contributed by atoms with Gasteiger partial charge in [0.1, 0.15) is 5.76 Å². The normalized spacial score (nSPS) is 22.6. The number of rotatable bonds is 3. The molecule has 150 valence electrons. The highest BCUT2D eigenvalue weighted by atomic mass is 35.5. The first kappa shape index (κ1) is 19.0. The molecule has 0 amide bonds. The number of fused-ring (bicyclic) bond motifs is 1. The first-order chi connectivity index (χ1) is 14.5.